The van der Waals surface area contributed by atoms with Gasteiger partial charge in [-0.05, 0) is 73.4 Å². The lowest BCUT2D eigenvalue weighted by atomic mass is 10.0. The Labute approximate surface area is 136 Å². The van der Waals surface area contributed by atoms with Gasteiger partial charge >= 0.3 is 0 Å². The van der Waals surface area contributed by atoms with E-state index in [1.165, 1.54) is 22.6 Å². The summed E-state index contributed by atoms with van der Waals surface area (Å²) in [7, 11) is 0. The van der Waals surface area contributed by atoms with E-state index >= 15 is 0 Å². The Morgan fingerprint density at radius 2 is 1.70 bits per heavy atom. The van der Waals surface area contributed by atoms with E-state index in [4.69, 9.17) is 5.73 Å². The number of aromatic nitrogens is 1. The van der Waals surface area contributed by atoms with Crippen molar-refractivity contribution in [2.75, 3.05) is 5.73 Å². The van der Waals surface area contributed by atoms with Crippen LogP contribution in [0.25, 0.3) is 17.0 Å². The minimum atomic E-state index is -0.241. The van der Waals surface area contributed by atoms with Crippen LogP contribution in [0.2, 0.25) is 0 Å². The van der Waals surface area contributed by atoms with E-state index in [0.29, 0.717) is 11.3 Å². The van der Waals surface area contributed by atoms with Gasteiger partial charge in [-0.1, -0.05) is 18.7 Å². The highest BCUT2D eigenvalue weighted by molar-refractivity contribution is 5.88. The molecule has 0 amide bonds. The lowest BCUT2D eigenvalue weighted by Gasteiger charge is -2.05. The number of hydrogen-bond acceptors (Lipinski definition) is 2. The molecule has 0 spiro atoms. The Bertz CT molecular complexity index is 854. The molecule has 23 heavy (non-hydrogen) atoms. The van der Waals surface area contributed by atoms with Crippen molar-refractivity contribution in [2.45, 2.75) is 20.8 Å². The SMILES string of the molecule is C=Cc1ccnc2cc(C)c(C)cc12.Cc1ccc(N)cc1F. The standard InChI is InChI=1S/C13H13N.C7H8FN/c1-4-11-5-6-14-13-8-10(3)9(2)7-12(11)13;1-5-2-3-6(9)4-7(5)8/h4-8H,1H2,2-3H3;2-4H,9H2,1H3. The summed E-state index contributed by atoms with van der Waals surface area (Å²) in [5.41, 5.74) is 11.2. The molecule has 0 saturated heterocycles. The Hall–Kier alpha value is -2.68. The van der Waals surface area contributed by atoms with Gasteiger partial charge in [-0.2, -0.15) is 0 Å². The summed E-state index contributed by atoms with van der Waals surface area (Å²) in [6, 6.07) is 10.9. The Morgan fingerprint density at radius 3 is 2.30 bits per heavy atom. The maximum absolute atomic E-state index is 12.5. The number of fused-ring (bicyclic) bond motifs is 1. The van der Waals surface area contributed by atoms with E-state index in [9.17, 15) is 4.39 Å². The van der Waals surface area contributed by atoms with Crippen LogP contribution in [0.1, 0.15) is 22.3 Å². The molecule has 0 aliphatic rings. The molecule has 2 N–H and O–H groups in total. The van der Waals surface area contributed by atoms with Gasteiger partial charge in [0.15, 0.2) is 0 Å². The zero-order chi connectivity index (χ0) is 17.0. The first-order chi connectivity index (χ1) is 10.9. The molecule has 2 nitrogen and oxygen atoms in total. The van der Waals surface area contributed by atoms with Gasteiger partial charge < -0.3 is 5.73 Å². The zero-order valence-corrected chi connectivity index (χ0v) is 13.7. The summed E-state index contributed by atoms with van der Waals surface area (Å²) in [5.74, 6) is -0.241. The molecule has 2 aromatic carbocycles. The van der Waals surface area contributed by atoms with Gasteiger partial charge in [0.1, 0.15) is 5.82 Å². The van der Waals surface area contributed by atoms with Crippen LogP contribution in [0, 0.1) is 26.6 Å². The van der Waals surface area contributed by atoms with Crippen LogP contribution >= 0.6 is 0 Å². The van der Waals surface area contributed by atoms with Crippen molar-refractivity contribution in [1.29, 1.82) is 0 Å². The third-order valence-corrected chi connectivity index (χ3v) is 3.81. The number of halogens is 1. The van der Waals surface area contributed by atoms with Crippen LogP contribution in [0.5, 0.6) is 0 Å². The van der Waals surface area contributed by atoms with Crippen molar-refractivity contribution in [3.8, 4) is 0 Å². The number of hydrogen-bond donors (Lipinski definition) is 1. The summed E-state index contributed by atoms with van der Waals surface area (Å²) in [5, 5.41) is 1.19. The van der Waals surface area contributed by atoms with E-state index in [1.807, 2.05) is 18.3 Å². The highest BCUT2D eigenvalue weighted by atomic mass is 19.1. The molecule has 0 aliphatic heterocycles. The number of anilines is 1. The average Bonchev–Trinajstić information content (AvgIpc) is 2.52. The number of nitrogen functional groups attached to an aromatic ring is 1. The fourth-order valence-electron chi connectivity index (χ4n) is 2.21. The van der Waals surface area contributed by atoms with Gasteiger partial charge in [0.2, 0.25) is 0 Å². The number of rotatable bonds is 1. The molecule has 0 aliphatic carbocycles. The quantitative estimate of drug-likeness (QED) is 0.627. The zero-order valence-electron chi connectivity index (χ0n) is 13.7. The molecular weight excluding hydrogens is 287 g/mol. The largest absolute Gasteiger partial charge is 0.399 e. The summed E-state index contributed by atoms with van der Waals surface area (Å²) >= 11 is 0. The number of nitrogens with two attached hydrogens (primary N) is 1. The lowest BCUT2D eigenvalue weighted by molar-refractivity contribution is 0.619. The van der Waals surface area contributed by atoms with Gasteiger partial charge in [0.25, 0.3) is 0 Å². The van der Waals surface area contributed by atoms with Crippen molar-refractivity contribution in [1.82, 2.24) is 4.98 Å². The Morgan fingerprint density at radius 1 is 1.00 bits per heavy atom. The fraction of sp³-hybridized carbons (Fsp3) is 0.150. The number of aryl methyl sites for hydroxylation is 3. The highest BCUT2D eigenvalue weighted by Gasteiger charge is 2.01. The van der Waals surface area contributed by atoms with Gasteiger partial charge in [-0.25, -0.2) is 4.39 Å². The molecule has 118 valence electrons. The molecule has 0 atom stereocenters. The molecule has 3 aromatic rings. The van der Waals surface area contributed by atoms with E-state index in [0.717, 1.165) is 11.1 Å². The molecule has 0 unspecified atom stereocenters. The second-order valence-corrected chi connectivity index (χ2v) is 5.57. The van der Waals surface area contributed by atoms with Crippen LogP contribution in [0.15, 0.2) is 49.2 Å². The Kier molecular flexibility index (Phi) is 5.12. The summed E-state index contributed by atoms with van der Waals surface area (Å²) in [6.07, 6.45) is 3.70. The predicted molar refractivity (Wildman–Crippen MR) is 96.9 cm³/mol. The number of pyridine rings is 1. The first-order valence-electron chi connectivity index (χ1n) is 7.42. The number of benzene rings is 2. The third-order valence-electron chi connectivity index (χ3n) is 3.81. The molecule has 3 rings (SSSR count). The van der Waals surface area contributed by atoms with Gasteiger partial charge in [-0.3, -0.25) is 4.98 Å². The van der Waals surface area contributed by atoms with Gasteiger partial charge in [0.05, 0.1) is 5.52 Å². The normalized spacial score (nSPS) is 10.1. The molecule has 0 radical (unpaired) electrons. The highest BCUT2D eigenvalue weighted by Crippen LogP contribution is 2.21. The first-order valence-corrected chi connectivity index (χ1v) is 7.42. The van der Waals surface area contributed by atoms with E-state index in [-0.39, 0.29) is 5.82 Å². The third kappa shape index (κ3) is 3.95. The van der Waals surface area contributed by atoms with Crippen LogP contribution in [-0.2, 0) is 0 Å². The van der Waals surface area contributed by atoms with Gasteiger partial charge in [0, 0.05) is 17.3 Å². The van der Waals surface area contributed by atoms with Gasteiger partial charge in [-0.15, -0.1) is 0 Å². The maximum atomic E-state index is 12.5. The predicted octanol–water partition coefficient (Wildman–Crippen LogP) is 5.21. The monoisotopic (exact) mass is 308 g/mol. The van der Waals surface area contributed by atoms with E-state index in [1.54, 1.807) is 19.1 Å². The summed E-state index contributed by atoms with van der Waals surface area (Å²) < 4.78 is 12.5. The minimum Gasteiger partial charge on any atom is -0.399 e. The average molecular weight is 308 g/mol. The van der Waals surface area contributed by atoms with Crippen LogP contribution < -0.4 is 5.73 Å². The van der Waals surface area contributed by atoms with Crippen molar-refractivity contribution in [3.05, 3.63) is 77.2 Å². The molecule has 1 aromatic heterocycles. The molecule has 3 heteroatoms. The second kappa shape index (κ2) is 7.05. The van der Waals surface area contributed by atoms with Crippen molar-refractivity contribution < 1.29 is 4.39 Å². The maximum Gasteiger partial charge on any atom is 0.128 e. The first kappa shape index (κ1) is 16.7. The summed E-state index contributed by atoms with van der Waals surface area (Å²) in [4.78, 5) is 4.34. The molecular formula is C20H21FN2. The van der Waals surface area contributed by atoms with Crippen LogP contribution in [-0.4, -0.2) is 4.98 Å². The van der Waals surface area contributed by atoms with Crippen molar-refractivity contribution in [3.63, 3.8) is 0 Å². The van der Waals surface area contributed by atoms with E-state index in [2.05, 4.69) is 37.5 Å². The molecule has 0 fully saturated rings. The smallest absolute Gasteiger partial charge is 0.128 e. The van der Waals surface area contributed by atoms with Crippen LogP contribution in [0.4, 0.5) is 10.1 Å². The van der Waals surface area contributed by atoms with Crippen molar-refractivity contribution >= 4 is 22.7 Å². The minimum absolute atomic E-state index is 0.241. The van der Waals surface area contributed by atoms with Crippen molar-refractivity contribution in [2.24, 2.45) is 0 Å². The summed E-state index contributed by atoms with van der Waals surface area (Å²) in [6.45, 7) is 9.74. The topological polar surface area (TPSA) is 38.9 Å². The number of nitrogens with zero attached hydrogens (tertiary/aromatic N) is 1. The van der Waals surface area contributed by atoms with Crippen LogP contribution in [0.3, 0.4) is 0 Å². The Balaban J connectivity index is 0.000000185. The molecule has 0 bridgehead atoms. The lowest BCUT2D eigenvalue weighted by Crippen LogP contribution is -1.87. The van der Waals surface area contributed by atoms with E-state index < -0.39 is 0 Å². The fourth-order valence-corrected chi connectivity index (χ4v) is 2.21. The second-order valence-electron chi connectivity index (χ2n) is 5.57. The molecule has 0 saturated carbocycles. The molecule has 1 heterocycles.